The molecular weight excluding hydrogens is 293 g/mol. The summed E-state index contributed by atoms with van der Waals surface area (Å²) < 4.78 is 0. The predicted octanol–water partition coefficient (Wildman–Crippen LogP) is 2.01. The van der Waals surface area contributed by atoms with Gasteiger partial charge in [-0.15, -0.1) is 10.2 Å². The van der Waals surface area contributed by atoms with Crippen molar-refractivity contribution < 1.29 is 14.7 Å². The van der Waals surface area contributed by atoms with Crippen LogP contribution < -0.4 is 5.32 Å². The topological polar surface area (TPSA) is 92.2 Å². The lowest BCUT2D eigenvalue weighted by atomic mass is 10.0. The van der Waals surface area contributed by atoms with Crippen LogP contribution in [0.25, 0.3) is 0 Å². The molecule has 19 heavy (non-hydrogen) atoms. The van der Waals surface area contributed by atoms with Gasteiger partial charge in [0.05, 0.1) is 12.0 Å². The van der Waals surface area contributed by atoms with Gasteiger partial charge in [0.25, 0.3) is 5.91 Å². The summed E-state index contributed by atoms with van der Waals surface area (Å²) in [4.78, 5) is 22.7. The number of aromatic nitrogens is 2. The second-order valence-electron chi connectivity index (χ2n) is 4.29. The lowest BCUT2D eigenvalue weighted by Gasteiger charge is -2.20. The Balaban J connectivity index is 2.87. The molecule has 1 heterocycles. The lowest BCUT2D eigenvalue weighted by molar-refractivity contribution is -0.137. The number of amides is 1. The van der Waals surface area contributed by atoms with E-state index in [9.17, 15) is 9.59 Å². The van der Waals surface area contributed by atoms with Gasteiger partial charge in [0, 0.05) is 6.04 Å². The van der Waals surface area contributed by atoms with Gasteiger partial charge in [-0.1, -0.05) is 37.0 Å². The number of hydrogen-bond acceptors (Lipinski definition) is 4. The van der Waals surface area contributed by atoms with E-state index in [1.165, 1.54) is 6.07 Å². The van der Waals surface area contributed by atoms with Crippen LogP contribution in [0.4, 0.5) is 0 Å². The summed E-state index contributed by atoms with van der Waals surface area (Å²) >= 11 is 11.4. The average molecular weight is 306 g/mol. The minimum atomic E-state index is -0.990. The Labute approximate surface area is 120 Å². The van der Waals surface area contributed by atoms with Gasteiger partial charge >= 0.3 is 5.97 Å². The Morgan fingerprint density at radius 2 is 2.00 bits per heavy atom. The number of aliphatic carboxylic acids is 1. The summed E-state index contributed by atoms with van der Waals surface area (Å²) in [6.45, 7) is 3.63. The molecule has 2 N–H and O–H groups in total. The van der Waals surface area contributed by atoms with Crippen molar-refractivity contribution in [2.24, 2.45) is 5.92 Å². The van der Waals surface area contributed by atoms with Crippen LogP contribution in [0.1, 0.15) is 30.6 Å². The van der Waals surface area contributed by atoms with Gasteiger partial charge < -0.3 is 10.4 Å². The lowest BCUT2D eigenvalue weighted by Crippen LogP contribution is -2.40. The summed E-state index contributed by atoms with van der Waals surface area (Å²) in [7, 11) is 0. The number of rotatable bonds is 5. The molecule has 8 heteroatoms. The molecule has 0 aliphatic rings. The van der Waals surface area contributed by atoms with Crippen LogP contribution in [-0.4, -0.2) is 33.2 Å². The molecule has 1 amide bonds. The van der Waals surface area contributed by atoms with Crippen molar-refractivity contribution in [2.75, 3.05) is 0 Å². The number of carboxylic acid groups (broad SMARTS) is 1. The molecule has 1 rings (SSSR count). The maximum Gasteiger partial charge on any atom is 0.305 e. The van der Waals surface area contributed by atoms with Crippen LogP contribution in [0.5, 0.6) is 0 Å². The van der Waals surface area contributed by atoms with Crippen molar-refractivity contribution in [3.8, 4) is 0 Å². The highest BCUT2D eigenvalue weighted by atomic mass is 35.5. The number of halogens is 2. The second-order valence-corrected chi connectivity index (χ2v) is 5.04. The van der Waals surface area contributed by atoms with Crippen LogP contribution in [-0.2, 0) is 4.79 Å². The van der Waals surface area contributed by atoms with Gasteiger partial charge in [0.1, 0.15) is 0 Å². The molecular formula is C11H13Cl2N3O3. The molecule has 1 atom stereocenters. The average Bonchev–Trinajstić information content (AvgIpc) is 2.30. The largest absolute Gasteiger partial charge is 0.481 e. The zero-order valence-electron chi connectivity index (χ0n) is 10.4. The molecule has 0 spiro atoms. The third-order valence-corrected chi connectivity index (χ3v) is 2.94. The molecule has 0 aromatic carbocycles. The highest BCUT2D eigenvalue weighted by Gasteiger charge is 2.22. The molecule has 104 valence electrons. The molecule has 0 bridgehead atoms. The summed E-state index contributed by atoms with van der Waals surface area (Å²) in [6.07, 6.45) is -0.173. The maximum atomic E-state index is 12.0. The molecule has 1 unspecified atom stereocenters. The summed E-state index contributed by atoms with van der Waals surface area (Å²) in [5.74, 6) is -1.55. The zero-order valence-corrected chi connectivity index (χ0v) is 11.9. The van der Waals surface area contributed by atoms with Gasteiger partial charge in [-0.2, -0.15) is 0 Å². The standard InChI is InChI=1S/C11H13Cl2N3O3/c1-5(2)7(4-9(17)18)14-11(19)6-3-8(12)15-16-10(6)13/h3,5,7H,4H2,1-2H3,(H,14,19)(H,17,18). The molecule has 0 aliphatic heterocycles. The predicted molar refractivity (Wildman–Crippen MR) is 70.4 cm³/mol. The van der Waals surface area contributed by atoms with Crippen molar-refractivity contribution in [2.45, 2.75) is 26.3 Å². The van der Waals surface area contributed by atoms with E-state index in [-0.39, 0.29) is 28.2 Å². The van der Waals surface area contributed by atoms with Gasteiger partial charge in [0.2, 0.25) is 0 Å². The molecule has 0 fully saturated rings. The maximum absolute atomic E-state index is 12.0. The molecule has 0 saturated heterocycles. The highest BCUT2D eigenvalue weighted by Crippen LogP contribution is 2.16. The normalized spacial score (nSPS) is 12.3. The first-order chi connectivity index (χ1) is 8.81. The number of carbonyl (C=O) groups is 2. The fraction of sp³-hybridized carbons (Fsp3) is 0.455. The Bertz CT molecular complexity index is 494. The number of hydrogen-bond donors (Lipinski definition) is 2. The van der Waals surface area contributed by atoms with Gasteiger partial charge in [-0.05, 0) is 12.0 Å². The minimum Gasteiger partial charge on any atom is -0.481 e. The SMILES string of the molecule is CC(C)C(CC(=O)O)NC(=O)c1cc(Cl)nnc1Cl. The number of nitrogens with one attached hydrogen (secondary N) is 1. The van der Waals surface area contributed by atoms with Crippen molar-refractivity contribution in [1.82, 2.24) is 15.5 Å². The smallest absolute Gasteiger partial charge is 0.305 e. The van der Waals surface area contributed by atoms with E-state index in [1.54, 1.807) is 0 Å². The molecule has 1 aromatic heterocycles. The fourth-order valence-corrected chi connectivity index (χ4v) is 1.73. The first-order valence-electron chi connectivity index (χ1n) is 5.52. The Morgan fingerprint density at radius 3 is 2.53 bits per heavy atom. The summed E-state index contributed by atoms with van der Waals surface area (Å²) in [6, 6.07) is 0.776. The highest BCUT2D eigenvalue weighted by molar-refractivity contribution is 6.34. The quantitative estimate of drug-likeness (QED) is 0.868. The van der Waals surface area contributed by atoms with E-state index in [0.29, 0.717) is 0 Å². The van der Waals surface area contributed by atoms with Crippen molar-refractivity contribution >= 4 is 35.1 Å². The number of nitrogens with zero attached hydrogens (tertiary/aromatic N) is 2. The van der Waals surface area contributed by atoms with Crippen LogP contribution in [0, 0.1) is 5.92 Å². The first kappa shape index (κ1) is 15.7. The van der Waals surface area contributed by atoms with E-state index in [4.69, 9.17) is 28.3 Å². The van der Waals surface area contributed by atoms with E-state index in [1.807, 2.05) is 13.8 Å². The minimum absolute atomic E-state index is 0.0360. The van der Waals surface area contributed by atoms with Crippen molar-refractivity contribution in [1.29, 1.82) is 0 Å². The van der Waals surface area contributed by atoms with Crippen molar-refractivity contribution in [3.05, 3.63) is 21.9 Å². The third kappa shape index (κ3) is 4.65. The molecule has 6 nitrogen and oxygen atoms in total. The van der Waals surface area contributed by atoms with E-state index in [0.717, 1.165) is 0 Å². The second kappa shape index (κ2) is 6.68. The Hall–Kier alpha value is -1.40. The van der Waals surface area contributed by atoms with Gasteiger partial charge in [-0.3, -0.25) is 9.59 Å². The Kier molecular flexibility index (Phi) is 5.50. The van der Waals surface area contributed by atoms with Crippen LogP contribution in [0.3, 0.4) is 0 Å². The summed E-state index contributed by atoms with van der Waals surface area (Å²) in [5.41, 5.74) is 0.0673. The fourth-order valence-electron chi connectivity index (χ4n) is 1.40. The Morgan fingerprint density at radius 1 is 1.37 bits per heavy atom. The monoisotopic (exact) mass is 305 g/mol. The third-order valence-electron chi connectivity index (χ3n) is 2.48. The van der Waals surface area contributed by atoms with E-state index < -0.39 is 17.9 Å². The van der Waals surface area contributed by atoms with Crippen LogP contribution in [0.2, 0.25) is 10.3 Å². The molecule has 0 radical (unpaired) electrons. The van der Waals surface area contributed by atoms with Crippen molar-refractivity contribution in [3.63, 3.8) is 0 Å². The van der Waals surface area contributed by atoms with E-state index in [2.05, 4.69) is 15.5 Å². The first-order valence-corrected chi connectivity index (χ1v) is 6.28. The van der Waals surface area contributed by atoms with Gasteiger partial charge in [-0.25, -0.2) is 0 Å². The van der Waals surface area contributed by atoms with Gasteiger partial charge in [0.15, 0.2) is 10.3 Å². The zero-order chi connectivity index (χ0) is 14.6. The molecule has 0 aliphatic carbocycles. The summed E-state index contributed by atoms with van der Waals surface area (Å²) in [5, 5.41) is 18.4. The molecule has 1 aromatic rings. The van der Waals surface area contributed by atoms with Crippen LogP contribution in [0.15, 0.2) is 6.07 Å². The number of carboxylic acids is 1. The van der Waals surface area contributed by atoms with E-state index >= 15 is 0 Å². The van der Waals surface area contributed by atoms with Crippen LogP contribution >= 0.6 is 23.2 Å². The molecule has 0 saturated carbocycles. The number of carbonyl (C=O) groups excluding carboxylic acids is 1.